The molecule has 2 heteroatoms. The molecular weight excluding hydrogens is 220 g/mol. The number of rotatable bonds is 6. The quantitative estimate of drug-likeness (QED) is 0.780. The molecule has 0 bridgehead atoms. The number of hydrogen-bond donors (Lipinski definition) is 1. The molecule has 2 rings (SSSR count). The normalized spacial score (nSPS) is 28.8. The van der Waals surface area contributed by atoms with E-state index in [9.17, 15) is 0 Å². The van der Waals surface area contributed by atoms with Gasteiger partial charge in [-0.3, -0.25) is 4.90 Å². The lowest BCUT2D eigenvalue weighted by atomic mass is 9.86. The molecule has 2 nitrogen and oxygen atoms in total. The lowest BCUT2D eigenvalue weighted by Gasteiger charge is -2.48. The summed E-state index contributed by atoms with van der Waals surface area (Å²) in [5.74, 6) is 1.83. The summed E-state index contributed by atoms with van der Waals surface area (Å²) in [6, 6.07) is 0.775. The van der Waals surface area contributed by atoms with Crippen LogP contribution in [0.5, 0.6) is 0 Å². The summed E-state index contributed by atoms with van der Waals surface area (Å²) in [6.07, 6.45) is 6.83. The number of hydrogen-bond acceptors (Lipinski definition) is 2. The fourth-order valence-electron chi connectivity index (χ4n) is 3.38. The molecule has 0 aromatic carbocycles. The van der Waals surface area contributed by atoms with Crippen LogP contribution in [0, 0.1) is 11.8 Å². The molecule has 18 heavy (non-hydrogen) atoms. The van der Waals surface area contributed by atoms with E-state index in [0.29, 0.717) is 5.54 Å². The lowest BCUT2D eigenvalue weighted by Crippen LogP contribution is -2.64. The molecule has 0 aromatic heterocycles. The molecule has 1 unspecified atom stereocenters. The zero-order valence-electron chi connectivity index (χ0n) is 12.8. The first-order valence-electron chi connectivity index (χ1n) is 8.07. The van der Waals surface area contributed by atoms with E-state index >= 15 is 0 Å². The Kier molecular flexibility index (Phi) is 4.71. The van der Waals surface area contributed by atoms with Crippen LogP contribution in [-0.2, 0) is 0 Å². The van der Waals surface area contributed by atoms with Crippen molar-refractivity contribution in [2.24, 2.45) is 11.8 Å². The Balaban J connectivity index is 1.99. The third kappa shape index (κ3) is 3.48. The highest BCUT2D eigenvalue weighted by Gasteiger charge is 2.38. The van der Waals surface area contributed by atoms with Crippen LogP contribution in [0.3, 0.4) is 0 Å². The zero-order chi connectivity index (χ0) is 13.2. The van der Waals surface area contributed by atoms with Crippen molar-refractivity contribution in [2.45, 2.75) is 71.4 Å². The van der Waals surface area contributed by atoms with Crippen LogP contribution < -0.4 is 5.32 Å². The van der Waals surface area contributed by atoms with E-state index in [1.165, 1.54) is 51.7 Å². The standard InChI is InChI=1S/C16H32N2/c1-5-16(6-2)12-18(11-14-7-8-14)15(10-17-16)9-13(3)4/h13-15,17H,5-12H2,1-4H3. The van der Waals surface area contributed by atoms with Crippen LogP contribution in [0.15, 0.2) is 0 Å². The van der Waals surface area contributed by atoms with Crippen molar-refractivity contribution < 1.29 is 0 Å². The van der Waals surface area contributed by atoms with Gasteiger partial charge in [-0.1, -0.05) is 27.7 Å². The zero-order valence-corrected chi connectivity index (χ0v) is 12.8. The van der Waals surface area contributed by atoms with Gasteiger partial charge in [-0.25, -0.2) is 0 Å². The Morgan fingerprint density at radius 3 is 2.39 bits per heavy atom. The van der Waals surface area contributed by atoms with Crippen molar-refractivity contribution in [1.29, 1.82) is 0 Å². The summed E-state index contributed by atoms with van der Waals surface area (Å²) in [5.41, 5.74) is 0.391. The van der Waals surface area contributed by atoms with Gasteiger partial charge in [-0.15, -0.1) is 0 Å². The molecule has 1 aliphatic carbocycles. The average Bonchev–Trinajstić information content (AvgIpc) is 3.15. The first-order chi connectivity index (χ1) is 8.58. The molecule has 0 spiro atoms. The minimum absolute atomic E-state index is 0.391. The molecule has 2 aliphatic rings. The van der Waals surface area contributed by atoms with Gasteiger partial charge in [-0.2, -0.15) is 0 Å². The highest BCUT2D eigenvalue weighted by atomic mass is 15.3. The summed E-state index contributed by atoms with van der Waals surface area (Å²) >= 11 is 0. The third-order valence-electron chi connectivity index (χ3n) is 5.02. The summed E-state index contributed by atoms with van der Waals surface area (Å²) in [7, 11) is 0. The maximum atomic E-state index is 3.87. The Bertz CT molecular complexity index is 254. The van der Waals surface area contributed by atoms with Gasteiger partial charge in [0, 0.05) is 31.2 Å². The van der Waals surface area contributed by atoms with Crippen molar-refractivity contribution in [3.63, 3.8) is 0 Å². The molecule has 1 saturated carbocycles. The molecule has 2 fully saturated rings. The second-order valence-electron chi connectivity index (χ2n) is 7.02. The molecule has 1 aliphatic heterocycles. The highest BCUT2D eigenvalue weighted by Crippen LogP contribution is 2.33. The number of nitrogens with one attached hydrogen (secondary N) is 1. The molecule has 0 radical (unpaired) electrons. The van der Waals surface area contributed by atoms with Gasteiger partial charge < -0.3 is 5.32 Å². The van der Waals surface area contributed by atoms with Crippen LogP contribution in [0.1, 0.15) is 59.8 Å². The van der Waals surface area contributed by atoms with E-state index in [1.807, 2.05) is 0 Å². The van der Waals surface area contributed by atoms with E-state index in [1.54, 1.807) is 0 Å². The maximum Gasteiger partial charge on any atom is 0.0304 e. The van der Waals surface area contributed by atoms with Crippen LogP contribution in [0.2, 0.25) is 0 Å². The Labute approximate surface area is 114 Å². The van der Waals surface area contributed by atoms with Crippen LogP contribution in [-0.4, -0.2) is 36.1 Å². The molecule has 1 heterocycles. The maximum absolute atomic E-state index is 3.87. The molecule has 1 atom stereocenters. The topological polar surface area (TPSA) is 15.3 Å². The van der Waals surface area contributed by atoms with Gasteiger partial charge in [0.05, 0.1) is 0 Å². The van der Waals surface area contributed by atoms with Crippen molar-refractivity contribution in [3.05, 3.63) is 0 Å². The third-order valence-corrected chi connectivity index (χ3v) is 5.02. The first kappa shape index (κ1) is 14.3. The van der Waals surface area contributed by atoms with Crippen molar-refractivity contribution in [1.82, 2.24) is 10.2 Å². The predicted octanol–water partition coefficient (Wildman–Crippen LogP) is 3.28. The second kappa shape index (κ2) is 5.92. The monoisotopic (exact) mass is 252 g/mol. The van der Waals surface area contributed by atoms with Crippen molar-refractivity contribution in [3.8, 4) is 0 Å². The van der Waals surface area contributed by atoms with Crippen LogP contribution >= 0.6 is 0 Å². The van der Waals surface area contributed by atoms with E-state index in [-0.39, 0.29) is 0 Å². The summed E-state index contributed by atoms with van der Waals surface area (Å²) in [6.45, 7) is 13.2. The summed E-state index contributed by atoms with van der Waals surface area (Å²) in [4.78, 5) is 2.82. The van der Waals surface area contributed by atoms with Gasteiger partial charge in [0.1, 0.15) is 0 Å². The fourth-order valence-corrected chi connectivity index (χ4v) is 3.38. The predicted molar refractivity (Wildman–Crippen MR) is 78.9 cm³/mol. The minimum atomic E-state index is 0.391. The molecule has 0 amide bonds. The SMILES string of the molecule is CCC1(CC)CN(CC2CC2)C(CC(C)C)CN1. The molecular formula is C16H32N2. The van der Waals surface area contributed by atoms with Crippen LogP contribution in [0.25, 0.3) is 0 Å². The first-order valence-corrected chi connectivity index (χ1v) is 8.07. The average molecular weight is 252 g/mol. The Morgan fingerprint density at radius 2 is 1.89 bits per heavy atom. The van der Waals surface area contributed by atoms with E-state index in [4.69, 9.17) is 0 Å². The van der Waals surface area contributed by atoms with Crippen LogP contribution in [0.4, 0.5) is 0 Å². The van der Waals surface area contributed by atoms with Gasteiger partial charge >= 0.3 is 0 Å². The van der Waals surface area contributed by atoms with E-state index in [2.05, 4.69) is 37.9 Å². The highest BCUT2D eigenvalue weighted by molar-refractivity contribution is 4.98. The largest absolute Gasteiger partial charge is 0.308 e. The molecule has 1 N–H and O–H groups in total. The fraction of sp³-hybridized carbons (Fsp3) is 1.00. The molecule has 1 saturated heterocycles. The number of piperazine rings is 1. The van der Waals surface area contributed by atoms with E-state index in [0.717, 1.165) is 17.9 Å². The molecule has 0 aromatic rings. The Hall–Kier alpha value is -0.0800. The second-order valence-corrected chi connectivity index (χ2v) is 7.02. The smallest absolute Gasteiger partial charge is 0.0304 e. The van der Waals surface area contributed by atoms with Gasteiger partial charge in [-0.05, 0) is 43.9 Å². The van der Waals surface area contributed by atoms with E-state index < -0.39 is 0 Å². The van der Waals surface area contributed by atoms with Gasteiger partial charge in [0.25, 0.3) is 0 Å². The van der Waals surface area contributed by atoms with Crippen molar-refractivity contribution >= 4 is 0 Å². The van der Waals surface area contributed by atoms with Gasteiger partial charge in [0.15, 0.2) is 0 Å². The minimum Gasteiger partial charge on any atom is -0.308 e. The Morgan fingerprint density at radius 1 is 1.22 bits per heavy atom. The summed E-state index contributed by atoms with van der Waals surface area (Å²) in [5, 5.41) is 3.87. The number of nitrogens with zero attached hydrogens (tertiary/aromatic N) is 1. The van der Waals surface area contributed by atoms with Gasteiger partial charge in [0.2, 0.25) is 0 Å². The summed E-state index contributed by atoms with van der Waals surface area (Å²) < 4.78 is 0. The van der Waals surface area contributed by atoms with Crippen molar-refractivity contribution in [2.75, 3.05) is 19.6 Å². The molecule has 106 valence electrons. The lowest BCUT2D eigenvalue weighted by molar-refractivity contribution is 0.0585.